The first-order chi connectivity index (χ1) is 15.0. The van der Waals surface area contributed by atoms with Crippen LogP contribution < -0.4 is 5.32 Å². The van der Waals surface area contributed by atoms with Crippen LogP contribution in [0.1, 0.15) is 38.8 Å². The SMILES string of the molecule is CC(C)(C)CCN1C(=O)C(C2=NS(=O)(=O)c3ccccc3N2)C(=O)[C@@H]1c1ccc(F)cc1. The van der Waals surface area contributed by atoms with Crippen LogP contribution >= 0.6 is 0 Å². The molecular weight excluding hydrogens is 433 g/mol. The first kappa shape index (κ1) is 22.1. The lowest BCUT2D eigenvalue weighted by Gasteiger charge is -2.28. The highest BCUT2D eigenvalue weighted by Gasteiger charge is 2.51. The van der Waals surface area contributed by atoms with E-state index in [1.54, 1.807) is 18.2 Å². The molecule has 0 saturated carbocycles. The molecule has 2 aromatic carbocycles. The van der Waals surface area contributed by atoms with Gasteiger partial charge in [0.15, 0.2) is 11.7 Å². The molecule has 32 heavy (non-hydrogen) atoms. The molecule has 1 fully saturated rings. The van der Waals surface area contributed by atoms with Crippen LogP contribution in [0.25, 0.3) is 0 Å². The molecule has 1 amide bonds. The second-order valence-corrected chi connectivity index (χ2v) is 10.8. The largest absolute Gasteiger partial charge is 0.341 e. The van der Waals surface area contributed by atoms with Crippen LogP contribution in [0.3, 0.4) is 0 Å². The van der Waals surface area contributed by atoms with Crippen molar-refractivity contribution < 1.29 is 22.4 Å². The zero-order valence-corrected chi connectivity index (χ0v) is 18.8. The van der Waals surface area contributed by atoms with Gasteiger partial charge in [-0.25, -0.2) is 4.39 Å². The van der Waals surface area contributed by atoms with Gasteiger partial charge in [-0.3, -0.25) is 9.59 Å². The average Bonchev–Trinajstić information content (AvgIpc) is 2.95. The molecular formula is C23H24FN3O4S. The highest BCUT2D eigenvalue weighted by atomic mass is 32.2. The summed E-state index contributed by atoms with van der Waals surface area (Å²) in [5, 5.41) is 2.87. The summed E-state index contributed by atoms with van der Waals surface area (Å²) in [5.41, 5.74) is 0.642. The molecule has 0 radical (unpaired) electrons. The fourth-order valence-corrected chi connectivity index (χ4v) is 5.08. The van der Waals surface area contributed by atoms with Crippen molar-refractivity contribution in [3.63, 3.8) is 0 Å². The molecule has 7 nitrogen and oxygen atoms in total. The summed E-state index contributed by atoms with van der Waals surface area (Å²) in [6, 6.07) is 10.7. The third-order valence-corrected chi connectivity index (χ3v) is 6.95. The van der Waals surface area contributed by atoms with Gasteiger partial charge in [-0.2, -0.15) is 8.42 Å². The van der Waals surface area contributed by atoms with E-state index >= 15 is 0 Å². The second-order valence-electron chi connectivity index (χ2n) is 9.20. The average molecular weight is 458 g/mol. The van der Waals surface area contributed by atoms with Crippen molar-refractivity contribution in [1.29, 1.82) is 0 Å². The smallest absolute Gasteiger partial charge is 0.286 e. The number of fused-ring (bicyclic) bond motifs is 1. The fourth-order valence-electron chi connectivity index (χ4n) is 3.92. The molecule has 1 N–H and O–H groups in total. The summed E-state index contributed by atoms with van der Waals surface area (Å²) in [6.07, 6.45) is 0.622. The number of sulfonamides is 1. The molecule has 0 aliphatic carbocycles. The maximum Gasteiger partial charge on any atom is 0.286 e. The van der Waals surface area contributed by atoms with Crippen LogP contribution in [-0.2, 0) is 19.6 Å². The van der Waals surface area contributed by atoms with Gasteiger partial charge in [0.2, 0.25) is 5.91 Å². The molecule has 2 aliphatic heterocycles. The van der Waals surface area contributed by atoms with Crippen LogP contribution in [-0.4, -0.2) is 37.4 Å². The van der Waals surface area contributed by atoms with E-state index in [0.717, 1.165) is 0 Å². The van der Waals surface area contributed by atoms with Crippen molar-refractivity contribution in [3.05, 3.63) is 59.9 Å². The molecule has 2 aliphatic rings. The van der Waals surface area contributed by atoms with Crippen molar-refractivity contribution in [1.82, 2.24) is 4.90 Å². The zero-order valence-electron chi connectivity index (χ0n) is 18.0. The molecule has 0 spiro atoms. The monoisotopic (exact) mass is 457 g/mol. The molecule has 1 unspecified atom stereocenters. The van der Waals surface area contributed by atoms with E-state index in [2.05, 4.69) is 9.71 Å². The second kappa shape index (κ2) is 7.81. The van der Waals surface area contributed by atoms with Crippen LogP contribution in [0.2, 0.25) is 0 Å². The van der Waals surface area contributed by atoms with E-state index in [-0.39, 0.29) is 21.8 Å². The Bertz CT molecular complexity index is 1220. The summed E-state index contributed by atoms with van der Waals surface area (Å²) >= 11 is 0. The van der Waals surface area contributed by atoms with Crippen LogP contribution in [0.15, 0.2) is 57.8 Å². The summed E-state index contributed by atoms with van der Waals surface area (Å²) in [4.78, 5) is 28.3. The lowest BCUT2D eigenvalue weighted by atomic mass is 9.91. The first-order valence-electron chi connectivity index (χ1n) is 10.3. The number of halogens is 1. The lowest BCUT2D eigenvalue weighted by Crippen LogP contribution is -2.37. The Hall–Kier alpha value is -3.07. The third kappa shape index (κ3) is 4.04. The van der Waals surface area contributed by atoms with E-state index in [1.807, 2.05) is 20.8 Å². The van der Waals surface area contributed by atoms with Gasteiger partial charge in [-0.15, -0.1) is 4.40 Å². The Balaban J connectivity index is 1.75. The third-order valence-electron chi connectivity index (χ3n) is 5.60. The number of anilines is 1. The molecule has 2 atom stereocenters. The van der Waals surface area contributed by atoms with Gasteiger partial charge < -0.3 is 10.2 Å². The Labute approximate surface area is 186 Å². The summed E-state index contributed by atoms with van der Waals surface area (Å²) in [7, 11) is -4.06. The molecule has 2 heterocycles. The predicted molar refractivity (Wildman–Crippen MR) is 118 cm³/mol. The summed E-state index contributed by atoms with van der Waals surface area (Å²) in [6.45, 7) is 6.37. The summed E-state index contributed by atoms with van der Waals surface area (Å²) < 4.78 is 42.6. The molecule has 168 valence electrons. The Morgan fingerprint density at radius 2 is 1.72 bits per heavy atom. The minimum Gasteiger partial charge on any atom is -0.341 e. The van der Waals surface area contributed by atoms with Crippen molar-refractivity contribution >= 4 is 33.2 Å². The molecule has 4 rings (SSSR count). The number of ketones is 1. The number of hydrogen-bond acceptors (Lipinski definition) is 5. The fraction of sp³-hybridized carbons (Fsp3) is 0.348. The Morgan fingerprint density at radius 1 is 1.06 bits per heavy atom. The van der Waals surface area contributed by atoms with Crippen LogP contribution in [0.4, 0.5) is 10.1 Å². The number of amidine groups is 1. The topological polar surface area (TPSA) is 95.9 Å². The van der Waals surface area contributed by atoms with Crippen molar-refractivity contribution in [2.45, 2.75) is 38.1 Å². The minimum atomic E-state index is -4.06. The Morgan fingerprint density at radius 3 is 2.38 bits per heavy atom. The van der Waals surface area contributed by atoms with E-state index in [0.29, 0.717) is 18.5 Å². The van der Waals surface area contributed by atoms with Crippen LogP contribution in [0, 0.1) is 17.2 Å². The van der Waals surface area contributed by atoms with E-state index < -0.39 is 39.5 Å². The van der Waals surface area contributed by atoms with Gasteiger partial charge in [0, 0.05) is 6.54 Å². The normalized spacial score (nSPS) is 22.4. The van der Waals surface area contributed by atoms with E-state index in [9.17, 15) is 22.4 Å². The van der Waals surface area contributed by atoms with E-state index in [4.69, 9.17) is 0 Å². The van der Waals surface area contributed by atoms with E-state index in [1.165, 1.54) is 35.2 Å². The number of nitrogens with one attached hydrogen (secondary N) is 1. The number of likely N-dealkylation sites (tertiary alicyclic amines) is 1. The molecule has 0 aromatic heterocycles. The van der Waals surface area contributed by atoms with Crippen molar-refractivity contribution in [2.75, 3.05) is 11.9 Å². The summed E-state index contributed by atoms with van der Waals surface area (Å²) in [5.74, 6) is -3.05. The highest BCUT2D eigenvalue weighted by Crippen LogP contribution is 2.38. The van der Waals surface area contributed by atoms with Gasteiger partial charge in [0.1, 0.15) is 22.6 Å². The first-order valence-corrected chi connectivity index (χ1v) is 11.7. The number of carbonyl (C=O) groups excluding carboxylic acids is 2. The molecule has 2 aromatic rings. The number of amides is 1. The number of hydrogen-bond donors (Lipinski definition) is 1. The Kier molecular flexibility index (Phi) is 5.40. The number of carbonyl (C=O) groups is 2. The number of rotatable bonds is 4. The maximum absolute atomic E-state index is 13.5. The van der Waals surface area contributed by atoms with Gasteiger partial charge in [0.25, 0.3) is 10.0 Å². The zero-order chi connectivity index (χ0) is 23.3. The number of nitrogens with zero attached hydrogens (tertiary/aromatic N) is 2. The van der Waals surface area contributed by atoms with Gasteiger partial charge >= 0.3 is 0 Å². The number of para-hydroxylation sites is 1. The molecule has 9 heteroatoms. The number of benzene rings is 2. The standard InChI is InChI=1S/C23H24FN3O4S/c1-23(2,3)12-13-27-19(14-8-10-15(24)11-9-14)20(28)18(22(27)29)21-25-16-6-4-5-7-17(16)32(30,31)26-21/h4-11,18-19H,12-13H2,1-3H3,(H,25,26)/t18?,19-/m0/s1. The highest BCUT2D eigenvalue weighted by molar-refractivity contribution is 7.90. The van der Waals surface area contributed by atoms with Crippen molar-refractivity contribution in [3.8, 4) is 0 Å². The van der Waals surface area contributed by atoms with Gasteiger partial charge in [-0.1, -0.05) is 45.0 Å². The molecule has 1 saturated heterocycles. The predicted octanol–water partition coefficient (Wildman–Crippen LogP) is 3.54. The minimum absolute atomic E-state index is 0.0127. The number of Topliss-reactive ketones (excluding diaryl/α,β-unsaturated/α-hetero) is 1. The van der Waals surface area contributed by atoms with Crippen molar-refractivity contribution in [2.24, 2.45) is 15.7 Å². The maximum atomic E-state index is 13.5. The van der Waals surface area contributed by atoms with Gasteiger partial charge in [0.05, 0.1) is 5.69 Å². The quantitative estimate of drug-likeness (QED) is 0.709. The molecule has 0 bridgehead atoms. The lowest BCUT2D eigenvalue weighted by molar-refractivity contribution is -0.130. The van der Waals surface area contributed by atoms with Gasteiger partial charge in [-0.05, 0) is 41.7 Å². The van der Waals surface area contributed by atoms with Crippen LogP contribution in [0.5, 0.6) is 0 Å².